The Kier molecular flexibility index (Phi) is 5.00. The summed E-state index contributed by atoms with van der Waals surface area (Å²) in [6, 6.07) is 5.91. The lowest BCUT2D eigenvalue weighted by molar-refractivity contribution is 0.0696. The van der Waals surface area contributed by atoms with Crippen molar-refractivity contribution in [3.63, 3.8) is 0 Å². The number of rotatable bonds is 5. The third-order valence-electron chi connectivity index (χ3n) is 5.04. The fraction of sp³-hybridized carbons (Fsp3) is 0.400. The Morgan fingerprint density at radius 2 is 2.19 bits per heavy atom. The summed E-state index contributed by atoms with van der Waals surface area (Å²) >= 11 is 0. The maximum Gasteiger partial charge on any atom is 0.276 e. The number of piperidine rings is 1. The largest absolute Gasteiger partial charge is 0.448 e. The Morgan fingerprint density at radius 3 is 3.00 bits per heavy atom. The van der Waals surface area contributed by atoms with E-state index in [1.54, 1.807) is 6.20 Å². The molecule has 7 heteroatoms. The third-order valence-corrected chi connectivity index (χ3v) is 5.04. The van der Waals surface area contributed by atoms with Gasteiger partial charge in [0.2, 0.25) is 0 Å². The molecule has 0 saturated carbocycles. The van der Waals surface area contributed by atoms with Crippen LogP contribution < -0.4 is 0 Å². The number of carbonyl (C=O) groups is 1. The van der Waals surface area contributed by atoms with Crippen LogP contribution in [0.25, 0.3) is 0 Å². The van der Waals surface area contributed by atoms with Crippen LogP contribution in [0.4, 0.5) is 0 Å². The second-order valence-corrected chi connectivity index (χ2v) is 6.80. The molecular formula is C20H23N5O2. The number of carbonyl (C=O) groups excluding carboxylic acids is 1. The van der Waals surface area contributed by atoms with Crippen LogP contribution in [0, 0.1) is 0 Å². The predicted octanol–water partition coefficient (Wildman–Crippen LogP) is 2.90. The highest BCUT2D eigenvalue weighted by Crippen LogP contribution is 2.27. The lowest BCUT2D eigenvalue weighted by Gasteiger charge is -2.32. The van der Waals surface area contributed by atoms with Crippen LogP contribution in [-0.2, 0) is 13.0 Å². The SMILES string of the molecule is CCc1ocnc1C(=O)N1CCCC(c2nccn2Cc2ccccn2)C1. The molecule has 0 aliphatic carbocycles. The number of likely N-dealkylation sites (tertiary alicyclic amines) is 1. The van der Waals surface area contributed by atoms with Gasteiger partial charge in [-0.3, -0.25) is 9.78 Å². The van der Waals surface area contributed by atoms with E-state index >= 15 is 0 Å². The highest BCUT2D eigenvalue weighted by atomic mass is 16.3. The Morgan fingerprint density at radius 1 is 1.26 bits per heavy atom. The van der Waals surface area contributed by atoms with E-state index in [4.69, 9.17) is 4.42 Å². The second kappa shape index (κ2) is 7.73. The van der Waals surface area contributed by atoms with Crippen molar-refractivity contribution < 1.29 is 9.21 Å². The molecule has 1 aliphatic heterocycles. The maximum atomic E-state index is 12.9. The first-order valence-electron chi connectivity index (χ1n) is 9.38. The molecule has 1 unspecified atom stereocenters. The standard InChI is InChI=1S/C20H23N5O2/c1-2-17-18(23-14-27-17)20(26)25-10-5-6-15(12-25)19-22-9-11-24(19)13-16-7-3-4-8-21-16/h3-4,7-9,11,14-15H,2,5-6,10,12-13H2,1H3. The normalized spacial score (nSPS) is 17.2. The number of oxazole rings is 1. The molecule has 4 rings (SSSR count). The topological polar surface area (TPSA) is 77.0 Å². The molecule has 0 aromatic carbocycles. The van der Waals surface area contributed by atoms with Gasteiger partial charge in [0.25, 0.3) is 5.91 Å². The van der Waals surface area contributed by atoms with Crippen molar-refractivity contribution in [3.8, 4) is 0 Å². The van der Waals surface area contributed by atoms with Crippen LogP contribution in [0.3, 0.4) is 0 Å². The lowest BCUT2D eigenvalue weighted by Crippen LogP contribution is -2.40. The van der Waals surface area contributed by atoms with Gasteiger partial charge in [0.1, 0.15) is 11.6 Å². The molecule has 7 nitrogen and oxygen atoms in total. The first-order valence-corrected chi connectivity index (χ1v) is 9.38. The van der Waals surface area contributed by atoms with Gasteiger partial charge < -0.3 is 13.9 Å². The summed E-state index contributed by atoms with van der Waals surface area (Å²) in [4.78, 5) is 27.9. The molecule has 0 bridgehead atoms. The Balaban J connectivity index is 1.51. The molecule has 1 fully saturated rings. The molecule has 0 radical (unpaired) electrons. The maximum absolute atomic E-state index is 12.9. The quantitative estimate of drug-likeness (QED) is 0.695. The molecule has 0 spiro atoms. The molecule has 0 N–H and O–H groups in total. The molecule has 1 saturated heterocycles. The van der Waals surface area contributed by atoms with Crippen LogP contribution in [0.2, 0.25) is 0 Å². The van der Waals surface area contributed by atoms with Crippen molar-refractivity contribution in [2.24, 2.45) is 0 Å². The number of pyridine rings is 1. The number of hydrogen-bond donors (Lipinski definition) is 0. The van der Waals surface area contributed by atoms with E-state index in [2.05, 4.69) is 19.5 Å². The summed E-state index contributed by atoms with van der Waals surface area (Å²) in [6.45, 7) is 4.04. The number of nitrogens with zero attached hydrogens (tertiary/aromatic N) is 5. The second-order valence-electron chi connectivity index (χ2n) is 6.80. The molecule has 27 heavy (non-hydrogen) atoms. The van der Waals surface area contributed by atoms with Gasteiger partial charge in [-0.05, 0) is 25.0 Å². The Bertz CT molecular complexity index is 902. The molecule has 1 atom stereocenters. The summed E-state index contributed by atoms with van der Waals surface area (Å²) in [7, 11) is 0. The minimum absolute atomic E-state index is 0.0480. The third kappa shape index (κ3) is 3.63. The molecule has 3 aromatic rings. The highest BCUT2D eigenvalue weighted by Gasteiger charge is 2.30. The van der Waals surface area contributed by atoms with Crippen molar-refractivity contribution in [1.82, 2.24) is 24.4 Å². The monoisotopic (exact) mass is 365 g/mol. The van der Waals surface area contributed by atoms with Gasteiger partial charge in [0, 0.05) is 44.0 Å². The Hall–Kier alpha value is -2.96. The van der Waals surface area contributed by atoms with E-state index in [1.807, 2.05) is 42.4 Å². The molecule has 1 amide bonds. The van der Waals surface area contributed by atoms with Crippen LogP contribution >= 0.6 is 0 Å². The van der Waals surface area contributed by atoms with Crippen molar-refractivity contribution in [2.75, 3.05) is 13.1 Å². The van der Waals surface area contributed by atoms with Gasteiger partial charge in [-0.15, -0.1) is 0 Å². The Labute approximate surface area is 158 Å². The zero-order valence-electron chi connectivity index (χ0n) is 15.4. The lowest BCUT2D eigenvalue weighted by atomic mass is 9.96. The summed E-state index contributed by atoms with van der Waals surface area (Å²) < 4.78 is 7.46. The fourth-order valence-electron chi connectivity index (χ4n) is 3.70. The van der Waals surface area contributed by atoms with Crippen molar-refractivity contribution in [3.05, 3.63) is 66.2 Å². The zero-order chi connectivity index (χ0) is 18.6. The first-order chi connectivity index (χ1) is 13.3. The predicted molar refractivity (Wildman–Crippen MR) is 99.3 cm³/mol. The molecule has 4 heterocycles. The minimum atomic E-state index is -0.0480. The molecule has 1 aliphatic rings. The summed E-state index contributed by atoms with van der Waals surface area (Å²) in [6.07, 6.45) is 9.59. The minimum Gasteiger partial charge on any atom is -0.448 e. The first kappa shape index (κ1) is 17.5. The van der Waals surface area contributed by atoms with Gasteiger partial charge in [-0.1, -0.05) is 13.0 Å². The summed E-state index contributed by atoms with van der Waals surface area (Å²) in [5.41, 5.74) is 1.44. The van der Waals surface area contributed by atoms with E-state index in [0.29, 0.717) is 31.0 Å². The van der Waals surface area contributed by atoms with Crippen LogP contribution in [0.1, 0.15) is 53.5 Å². The number of aromatic nitrogens is 4. The number of imidazole rings is 1. The average molecular weight is 365 g/mol. The smallest absolute Gasteiger partial charge is 0.276 e. The van der Waals surface area contributed by atoms with Crippen molar-refractivity contribution in [1.29, 1.82) is 0 Å². The fourth-order valence-corrected chi connectivity index (χ4v) is 3.70. The van der Waals surface area contributed by atoms with Gasteiger partial charge in [0.05, 0.1) is 12.2 Å². The van der Waals surface area contributed by atoms with Gasteiger partial charge in [0.15, 0.2) is 12.1 Å². The average Bonchev–Trinajstić information content (AvgIpc) is 3.37. The van der Waals surface area contributed by atoms with Crippen molar-refractivity contribution in [2.45, 2.75) is 38.6 Å². The van der Waals surface area contributed by atoms with Gasteiger partial charge >= 0.3 is 0 Å². The van der Waals surface area contributed by atoms with Crippen LogP contribution in [-0.4, -0.2) is 43.4 Å². The molecule has 140 valence electrons. The van der Waals surface area contributed by atoms with Crippen molar-refractivity contribution >= 4 is 5.91 Å². The molecule has 3 aromatic heterocycles. The van der Waals surface area contributed by atoms with Gasteiger partial charge in [-0.2, -0.15) is 0 Å². The zero-order valence-corrected chi connectivity index (χ0v) is 15.4. The number of hydrogen-bond acceptors (Lipinski definition) is 5. The van der Waals surface area contributed by atoms with Gasteiger partial charge in [-0.25, -0.2) is 9.97 Å². The van der Waals surface area contributed by atoms with Crippen LogP contribution in [0.15, 0.2) is 47.6 Å². The van der Waals surface area contributed by atoms with E-state index in [9.17, 15) is 4.79 Å². The number of amides is 1. The van der Waals surface area contributed by atoms with E-state index < -0.39 is 0 Å². The molecular weight excluding hydrogens is 342 g/mol. The highest BCUT2D eigenvalue weighted by molar-refractivity contribution is 5.93. The summed E-state index contributed by atoms with van der Waals surface area (Å²) in [5.74, 6) is 1.82. The van der Waals surface area contributed by atoms with E-state index in [-0.39, 0.29) is 11.8 Å². The van der Waals surface area contributed by atoms with Crippen LogP contribution in [0.5, 0.6) is 0 Å². The van der Waals surface area contributed by atoms with E-state index in [1.165, 1.54) is 6.39 Å². The summed E-state index contributed by atoms with van der Waals surface area (Å²) in [5, 5.41) is 0. The van der Waals surface area contributed by atoms with E-state index in [0.717, 1.165) is 30.9 Å². The number of aryl methyl sites for hydroxylation is 1.